The van der Waals surface area contributed by atoms with Crippen molar-refractivity contribution in [2.45, 2.75) is 19.3 Å². The number of benzene rings is 2. The summed E-state index contributed by atoms with van der Waals surface area (Å²) in [5.41, 5.74) is 3.22. The molecule has 0 atom stereocenters. The molecule has 2 fully saturated rings. The summed E-state index contributed by atoms with van der Waals surface area (Å²) in [5.74, 6) is 0. The van der Waals surface area contributed by atoms with Gasteiger partial charge in [-0.3, -0.25) is 9.80 Å². The van der Waals surface area contributed by atoms with Gasteiger partial charge >= 0.3 is 6.18 Å². The molecule has 1 N–H and O–H groups in total. The first-order chi connectivity index (χ1) is 15.4. The first-order valence-corrected chi connectivity index (χ1v) is 11.0. The number of halogens is 3. The molecule has 5 nitrogen and oxygen atoms in total. The Labute approximate surface area is 187 Å². The number of nitriles is 1. The Kier molecular flexibility index (Phi) is 6.99. The van der Waals surface area contributed by atoms with Gasteiger partial charge in [0.25, 0.3) is 0 Å². The minimum Gasteiger partial charge on any atom is -0.369 e. The van der Waals surface area contributed by atoms with Crippen LogP contribution in [0.25, 0.3) is 0 Å². The van der Waals surface area contributed by atoms with Crippen LogP contribution in [0.3, 0.4) is 0 Å². The summed E-state index contributed by atoms with van der Waals surface area (Å²) in [7, 11) is 0. The monoisotopic (exact) mass is 443 g/mol. The SMILES string of the molecule is N#Cc1ccc(N2CCNCC2)cc1CN1CCN(Cc2ccc(C(F)(F)F)cc2)CC1. The first-order valence-electron chi connectivity index (χ1n) is 11.0. The molecule has 170 valence electrons. The molecule has 8 heteroatoms. The molecule has 2 aliphatic heterocycles. The van der Waals surface area contributed by atoms with Gasteiger partial charge < -0.3 is 10.2 Å². The molecular formula is C24H28F3N5. The highest BCUT2D eigenvalue weighted by Crippen LogP contribution is 2.29. The summed E-state index contributed by atoms with van der Waals surface area (Å²) in [5, 5.41) is 12.9. The fourth-order valence-corrected chi connectivity index (χ4v) is 4.34. The van der Waals surface area contributed by atoms with Crippen molar-refractivity contribution in [2.75, 3.05) is 57.3 Å². The molecule has 0 aromatic heterocycles. The number of piperazine rings is 2. The van der Waals surface area contributed by atoms with Crippen molar-refractivity contribution < 1.29 is 13.2 Å². The minimum absolute atomic E-state index is 0.609. The van der Waals surface area contributed by atoms with Crippen molar-refractivity contribution in [1.82, 2.24) is 15.1 Å². The van der Waals surface area contributed by atoms with Crippen molar-refractivity contribution >= 4 is 5.69 Å². The Morgan fingerprint density at radius 2 is 1.47 bits per heavy atom. The Hall–Kier alpha value is -2.60. The van der Waals surface area contributed by atoms with Gasteiger partial charge in [-0.15, -0.1) is 0 Å². The maximum absolute atomic E-state index is 12.7. The van der Waals surface area contributed by atoms with Crippen LogP contribution in [0.15, 0.2) is 42.5 Å². The average molecular weight is 444 g/mol. The maximum Gasteiger partial charge on any atom is 0.416 e. The third-order valence-corrected chi connectivity index (χ3v) is 6.24. The van der Waals surface area contributed by atoms with Gasteiger partial charge in [0.2, 0.25) is 0 Å². The van der Waals surface area contributed by atoms with E-state index in [9.17, 15) is 18.4 Å². The van der Waals surface area contributed by atoms with Crippen LogP contribution >= 0.6 is 0 Å². The molecule has 2 saturated heterocycles. The lowest BCUT2D eigenvalue weighted by Gasteiger charge is -2.35. The molecule has 0 bridgehead atoms. The summed E-state index contributed by atoms with van der Waals surface area (Å²) in [4.78, 5) is 6.96. The van der Waals surface area contributed by atoms with Crippen LogP contribution in [0, 0.1) is 11.3 Å². The Morgan fingerprint density at radius 3 is 2.06 bits per heavy atom. The second-order valence-corrected chi connectivity index (χ2v) is 8.44. The van der Waals surface area contributed by atoms with Crippen molar-refractivity contribution in [3.8, 4) is 6.07 Å². The van der Waals surface area contributed by atoms with E-state index in [1.807, 2.05) is 12.1 Å². The molecule has 0 saturated carbocycles. The molecule has 0 radical (unpaired) electrons. The van der Waals surface area contributed by atoms with E-state index in [0.717, 1.165) is 87.7 Å². The van der Waals surface area contributed by atoms with Crippen LogP contribution in [-0.2, 0) is 19.3 Å². The molecule has 2 aromatic rings. The van der Waals surface area contributed by atoms with E-state index in [-0.39, 0.29) is 0 Å². The van der Waals surface area contributed by atoms with Gasteiger partial charge in [-0.05, 0) is 41.5 Å². The summed E-state index contributed by atoms with van der Waals surface area (Å²) >= 11 is 0. The third kappa shape index (κ3) is 5.60. The van der Waals surface area contributed by atoms with Gasteiger partial charge in [-0.1, -0.05) is 12.1 Å². The zero-order valence-electron chi connectivity index (χ0n) is 18.0. The third-order valence-electron chi connectivity index (χ3n) is 6.24. The lowest BCUT2D eigenvalue weighted by atomic mass is 10.1. The first kappa shape index (κ1) is 22.6. The standard InChI is InChI=1S/C24H28F3N5/c25-24(26,27)22-4-1-19(2-5-22)17-30-11-13-31(14-12-30)18-21-15-23(6-3-20(21)16-28)32-9-7-29-8-10-32/h1-6,15,29H,7-14,17-18H2. The van der Waals surface area contributed by atoms with E-state index in [4.69, 9.17) is 0 Å². The van der Waals surface area contributed by atoms with E-state index < -0.39 is 11.7 Å². The molecule has 2 aromatic carbocycles. The van der Waals surface area contributed by atoms with Gasteiger partial charge in [0.05, 0.1) is 17.2 Å². The number of anilines is 1. The molecule has 0 spiro atoms. The molecule has 4 rings (SSSR count). The lowest BCUT2D eigenvalue weighted by Crippen LogP contribution is -2.45. The topological polar surface area (TPSA) is 45.5 Å². The zero-order valence-corrected chi connectivity index (χ0v) is 18.0. The molecule has 0 aliphatic carbocycles. The summed E-state index contributed by atoms with van der Waals surface area (Å²) in [6.07, 6.45) is -4.30. The van der Waals surface area contributed by atoms with Crippen LogP contribution in [-0.4, -0.2) is 62.2 Å². The van der Waals surface area contributed by atoms with Gasteiger partial charge in [-0.25, -0.2) is 0 Å². The van der Waals surface area contributed by atoms with Crippen LogP contribution in [0.1, 0.15) is 22.3 Å². The molecular weight excluding hydrogens is 415 g/mol. The number of rotatable bonds is 5. The zero-order chi connectivity index (χ0) is 22.6. The summed E-state index contributed by atoms with van der Waals surface area (Å²) in [6, 6.07) is 13.9. The van der Waals surface area contributed by atoms with E-state index in [2.05, 4.69) is 32.2 Å². The largest absolute Gasteiger partial charge is 0.416 e. The Morgan fingerprint density at radius 1 is 0.844 bits per heavy atom. The van der Waals surface area contributed by atoms with E-state index in [1.54, 1.807) is 12.1 Å². The smallest absolute Gasteiger partial charge is 0.369 e. The average Bonchev–Trinajstić information content (AvgIpc) is 2.81. The number of hydrogen-bond acceptors (Lipinski definition) is 5. The Bertz CT molecular complexity index is 938. The second kappa shape index (κ2) is 9.90. The molecule has 0 amide bonds. The highest BCUT2D eigenvalue weighted by molar-refractivity contribution is 5.54. The quantitative estimate of drug-likeness (QED) is 0.768. The number of nitrogens with zero attached hydrogens (tertiary/aromatic N) is 4. The van der Waals surface area contributed by atoms with Crippen molar-refractivity contribution in [3.63, 3.8) is 0 Å². The van der Waals surface area contributed by atoms with Crippen LogP contribution < -0.4 is 10.2 Å². The van der Waals surface area contributed by atoms with Gasteiger partial charge in [-0.2, -0.15) is 18.4 Å². The van der Waals surface area contributed by atoms with Gasteiger partial charge in [0.1, 0.15) is 0 Å². The number of alkyl halides is 3. The Balaban J connectivity index is 1.33. The van der Waals surface area contributed by atoms with E-state index in [0.29, 0.717) is 6.54 Å². The molecule has 0 unspecified atom stereocenters. The molecule has 2 heterocycles. The number of nitrogens with one attached hydrogen (secondary N) is 1. The normalized spacial score (nSPS) is 18.5. The van der Waals surface area contributed by atoms with Crippen LogP contribution in [0.4, 0.5) is 18.9 Å². The van der Waals surface area contributed by atoms with Crippen LogP contribution in [0.2, 0.25) is 0 Å². The number of hydrogen-bond donors (Lipinski definition) is 1. The van der Waals surface area contributed by atoms with E-state index >= 15 is 0 Å². The highest BCUT2D eigenvalue weighted by Gasteiger charge is 2.30. The molecule has 2 aliphatic rings. The summed E-state index contributed by atoms with van der Waals surface area (Å²) < 4.78 is 38.2. The fraction of sp³-hybridized carbons (Fsp3) is 0.458. The van der Waals surface area contributed by atoms with Crippen molar-refractivity contribution in [3.05, 3.63) is 64.7 Å². The fourth-order valence-electron chi connectivity index (χ4n) is 4.34. The van der Waals surface area contributed by atoms with Gasteiger partial charge in [0, 0.05) is 71.1 Å². The summed E-state index contributed by atoms with van der Waals surface area (Å²) in [6.45, 7) is 8.67. The predicted octanol–water partition coefficient (Wildman–Crippen LogP) is 3.30. The van der Waals surface area contributed by atoms with Crippen LogP contribution in [0.5, 0.6) is 0 Å². The highest BCUT2D eigenvalue weighted by atomic mass is 19.4. The predicted molar refractivity (Wildman–Crippen MR) is 118 cm³/mol. The van der Waals surface area contributed by atoms with E-state index in [1.165, 1.54) is 5.69 Å². The second-order valence-electron chi connectivity index (χ2n) is 8.44. The van der Waals surface area contributed by atoms with Crippen molar-refractivity contribution in [2.24, 2.45) is 0 Å². The molecule has 32 heavy (non-hydrogen) atoms. The lowest BCUT2D eigenvalue weighted by molar-refractivity contribution is -0.137. The van der Waals surface area contributed by atoms with Crippen molar-refractivity contribution in [1.29, 1.82) is 5.26 Å². The minimum atomic E-state index is -4.30. The maximum atomic E-state index is 12.7. The van der Waals surface area contributed by atoms with Gasteiger partial charge in [0.15, 0.2) is 0 Å².